The third-order valence-electron chi connectivity index (χ3n) is 4.27. The third-order valence-corrected chi connectivity index (χ3v) is 5.68. The fourth-order valence-corrected chi connectivity index (χ4v) is 3.50. The standard InChI is InChI=1S/C19H20N2O3S/c1-12(2)14-6-4-13(5-7-14)10-17-16-11-15(25(23,24)20-3)8-9-18(16)21-19(17)22/h4-12,20H,1-3H3,(H,21,22). The first-order chi connectivity index (χ1) is 11.8. The van der Waals surface area contributed by atoms with Crippen molar-refractivity contribution >= 4 is 33.3 Å². The van der Waals surface area contributed by atoms with Gasteiger partial charge in [-0.05, 0) is 48.4 Å². The van der Waals surface area contributed by atoms with E-state index in [1.54, 1.807) is 12.1 Å². The van der Waals surface area contributed by atoms with Crippen molar-refractivity contribution < 1.29 is 13.2 Å². The van der Waals surface area contributed by atoms with Crippen LogP contribution in [0.2, 0.25) is 0 Å². The summed E-state index contributed by atoms with van der Waals surface area (Å²) in [7, 11) is -2.20. The molecule has 0 fully saturated rings. The van der Waals surface area contributed by atoms with Gasteiger partial charge in [-0.3, -0.25) is 4.79 Å². The SMILES string of the molecule is CNS(=O)(=O)c1ccc2c(c1)C(=Cc1ccc(C(C)C)cc1)C(=O)N2. The Morgan fingerprint density at radius 1 is 1.08 bits per heavy atom. The predicted molar refractivity (Wildman–Crippen MR) is 99.7 cm³/mol. The maximum atomic E-state index is 12.3. The fourth-order valence-electron chi connectivity index (χ4n) is 2.74. The Labute approximate surface area is 147 Å². The molecule has 2 N–H and O–H groups in total. The Kier molecular flexibility index (Phi) is 4.49. The van der Waals surface area contributed by atoms with Crippen molar-refractivity contribution in [1.29, 1.82) is 0 Å². The molecule has 2 aromatic carbocycles. The largest absolute Gasteiger partial charge is 0.321 e. The molecule has 1 aliphatic rings. The number of nitrogens with one attached hydrogen (secondary N) is 2. The molecule has 1 heterocycles. The highest BCUT2D eigenvalue weighted by molar-refractivity contribution is 7.89. The minimum Gasteiger partial charge on any atom is -0.321 e. The van der Waals surface area contributed by atoms with Crippen LogP contribution in [0.15, 0.2) is 47.4 Å². The second-order valence-electron chi connectivity index (χ2n) is 6.25. The number of rotatable bonds is 4. The molecule has 0 saturated heterocycles. The Hall–Kier alpha value is -2.44. The van der Waals surface area contributed by atoms with Crippen LogP contribution in [0.5, 0.6) is 0 Å². The number of hydrogen-bond donors (Lipinski definition) is 2. The van der Waals surface area contributed by atoms with Gasteiger partial charge in [0.15, 0.2) is 0 Å². The van der Waals surface area contributed by atoms with Gasteiger partial charge in [0.25, 0.3) is 5.91 Å². The monoisotopic (exact) mass is 356 g/mol. The van der Waals surface area contributed by atoms with Gasteiger partial charge in [-0.2, -0.15) is 0 Å². The van der Waals surface area contributed by atoms with Gasteiger partial charge < -0.3 is 5.32 Å². The third kappa shape index (κ3) is 3.36. The summed E-state index contributed by atoms with van der Waals surface area (Å²) in [5, 5.41) is 2.77. The number of benzene rings is 2. The summed E-state index contributed by atoms with van der Waals surface area (Å²) in [4.78, 5) is 12.4. The molecule has 0 aliphatic carbocycles. The van der Waals surface area contributed by atoms with E-state index in [4.69, 9.17) is 0 Å². The zero-order chi connectivity index (χ0) is 18.2. The zero-order valence-corrected chi connectivity index (χ0v) is 15.1. The molecule has 0 radical (unpaired) electrons. The van der Waals surface area contributed by atoms with Gasteiger partial charge in [-0.1, -0.05) is 38.1 Å². The molecule has 2 aromatic rings. The highest BCUT2D eigenvalue weighted by atomic mass is 32.2. The maximum absolute atomic E-state index is 12.3. The van der Waals surface area contributed by atoms with Crippen molar-refractivity contribution in [3.8, 4) is 0 Å². The van der Waals surface area contributed by atoms with Crippen LogP contribution >= 0.6 is 0 Å². The number of sulfonamides is 1. The molecule has 0 saturated carbocycles. The first-order valence-electron chi connectivity index (χ1n) is 8.03. The molecule has 0 aromatic heterocycles. The lowest BCUT2D eigenvalue weighted by Crippen LogP contribution is -2.18. The van der Waals surface area contributed by atoms with Gasteiger partial charge in [-0.15, -0.1) is 0 Å². The average molecular weight is 356 g/mol. The number of hydrogen-bond acceptors (Lipinski definition) is 3. The van der Waals surface area contributed by atoms with Crippen LogP contribution in [-0.2, 0) is 14.8 Å². The van der Waals surface area contributed by atoms with Gasteiger partial charge >= 0.3 is 0 Å². The fraction of sp³-hybridized carbons (Fsp3) is 0.211. The van der Waals surface area contributed by atoms with E-state index in [9.17, 15) is 13.2 Å². The van der Waals surface area contributed by atoms with E-state index in [-0.39, 0.29) is 10.8 Å². The van der Waals surface area contributed by atoms with Crippen LogP contribution < -0.4 is 10.0 Å². The molecule has 6 heteroatoms. The first kappa shape index (κ1) is 17.4. The molecule has 3 rings (SSSR count). The summed E-state index contributed by atoms with van der Waals surface area (Å²) in [6, 6.07) is 12.6. The molecule has 130 valence electrons. The maximum Gasteiger partial charge on any atom is 0.256 e. The van der Waals surface area contributed by atoms with Crippen LogP contribution in [0.1, 0.15) is 36.5 Å². The smallest absolute Gasteiger partial charge is 0.256 e. The summed E-state index contributed by atoms with van der Waals surface area (Å²) < 4.78 is 26.3. The van der Waals surface area contributed by atoms with E-state index in [0.717, 1.165) is 5.56 Å². The average Bonchev–Trinajstić information content (AvgIpc) is 2.90. The van der Waals surface area contributed by atoms with Crippen LogP contribution in [0.4, 0.5) is 5.69 Å². The number of amides is 1. The lowest BCUT2D eigenvalue weighted by molar-refractivity contribution is -0.110. The Morgan fingerprint density at radius 3 is 2.36 bits per heavy atom. The van der Waals surface area contributed by atoms with Crippen molar-refractivity contribution in [3.63, 3.8) is 0 Å². The van der Waals surface area contributed by atoms with Gasteiger partial charge in [0, 0.05) is 16.8 Å². The van der Waals surface area contributed by atoms with E-state index in [2.05, 4.69) is 23.9 Å². The topological polar surface area (TPSA) is 75.3 Å². The molecule has 1 aliphatic heterocycles. The number of carbonyl (C=O) groups excluding carboxylic acids is 1. The highest BCUT2D eigenvalue weighted by Crippen LogP contribution is 2.34. The van der Waals surface area contributed by atoms with E-state index >= 15 is 0 Å². The molecular formula is C19H20N2O3S. The lowest BCUT2D eigenvalue weighted by atomic mass is 9.99. The van der Waals surface area contributed by atoms with Gasteiger partial charge in [-0.25, -0.2) is 13.1 Å². The van der Waals surface area contributed by atoms with Crippen molar-refractivity contribution in [1.82, 2.24) is 4.72 Å². The summed E-state index contributed by atoms with van der Waals surface area (Å²) in [6.07, 6.45) is 1.78. The van der Waals surface area contributed by atoms with Gasteiger partial charge in [0.05, 0.1) is 4.90 Å². The Bertz CT molecular complexity index is 959. The molecular weight excluding hydrogens is 336 g/mol. The van der Waals surface area contributed by atoms with E-state index < -0.39 is 10.0 Å². The molecule has 0 spiro atoms. The second-order valence-corrected chi connectivity index (χ2v) is 8.13. The van der Waals surface area contributed by atoms with Crippen LogP contribution in [0.3, 0.4) is 0 Å². The molecule has 1 amide bonds. The molecule has 0 bridgehead atoms. The first-order valence-corrected chi connectivity index (χ1v) is 9.51. The van der Waals surface area contributed by atoms with E-state index in [1.807, 2.05) is 24.3 Å². The van der Waals surface area contributed by atoms with Crippen molar-refractivity contribution in [2.45, 2.75) is 24.7 Å². The normalized spacial score (nSPS) is 15.5. The highest BCUT2D eigenvalue weighted by Gasteiger charge is 2.26. The Balaban J connectivity index is 2.04. The summed E-state index contributed by atoms with van der Waals surface area (Å²) >= 11 is 0. The van der Waals surface area contributed by atoms with Crippen molar-refractivity contribution in [2.75, 3.05) is 12.4 Å². The lowest BCUT2D eigenvalue weighted by Gasteiger charge is -2.06. The summed E-state index contributed by atoms with van der Waals surface area (Å²) in [5.74, 6) is 0.202. The second kappa shape index (κ2) is 6.46. The van der Waals surface area contributed by atoms with Crippen molar-refractivity contribution in [2.24, 2.45) is 0 Å². The Morgan fingerprint density at radius 2 is 1.76 bits per heavy atom. The number of anilines is 1. The van der Waals surface area contributed by atoms with Crippen LogP contribution in [0, 0.1) is 0 Å². The molecule has 0 unspecified atom stereocenters. The van der Waals surface area contributed by atoms with E-state index in [1.165, 1.54) is 24.7 Å². The zero-order valence-electron chi connectivity index (χ0n) is 14.3. The predicted octanol–water partition coefficient (Wildman–Crippen LogP) is 3.21. The summed E-state index contributed by atoms with van der Waals surface area (Å²) in [6.45, 7) is 4.25. The van der Waals surface area contributed by atoms with Crippen LogP contribution in [0.25, 0.3) is 11.6 Å². The van der Waals surface area contributed by atoms with Crippen molar-refractivity contribution in [3.05, 3.63) is 59.2 Å². The molecule has 5 nitrogen and oxygen atoms in total. The molecule has 0 atom stereocenters. The minimum atomic E-state index is -3.56. The minimum absolute atomic E-state index is 0.131. The van der Waals surface area contributed by atoms with Gasteiger partial charge in [0.1, 0.15) is 0 Å². The number of fused-ring (bicyclic) bond motifs is 1. The van der Waals surface area contributed by atoms with Gasteiger partial charge in [0.2, 0.25) is 10.0 Å². The number of carbonyl (C=O) groups is 1. The summed E-state index contributed by atoms with van der Waals surface area (Å²) in [5.41, 5.74) is 3.78. The van der Waals surface area contributed by atoms with Crippen LogP contribution in [-0.4, -0.2) is 21.4 Å². The molecule has 25 heavy (non-hydrogen) atoms. The van der Waals surface area contributed by atoms with E-state index in [0.29, 0.717) is 22.7 Å². The quantitative estimate of drug-likeness (QED) is 0.826.